The van der Waals surface area contributed by atoms with Crippen LogP contribution in [0.3, 0.4) is 0 Å². The van der Waals surface area contributed by atoms with E-state index in [0.717, 1.165) is 49.6 Å². The molecule has 1 heterocycles. The minimum atomic E-state index is -0.113. The first-order valence-electron chi connectivity index (χ1n) is 9.44. The van der Waals surface area contributed by atoms with Gasteiger partial charge in [0.05, 0.1) is 5.60 Å². The molecular formula is C20H33IN4O2. The molecule has 2 atom stereocenters. The van der Waals surface area contributed by atoms with Gasteiger partial charge in [-0.1, -0.05) is 26.0 Å². The van der Waals surface area contributed by atoms with Crippen molar-refractivity contribution >= 4 is 41.5 Å². The summed E-state index contributed by atoms with van der Waals surface area (Å²) in [7, 11) is 1.76. The van der Waals surface area contributed by atoms with Gasteiger partial charge in [-0.25, -0.2) is 0 Å². The van der Waals surface area contributed by atoms with Crippen LogP contribution >= 0.6 is 24.0 Å². The lowest BCUT2D eigenvalue weighted by molar-refractivity contribution is -0.119. The molecule has 152 valence electrons. The number of anilines is 1. The van der Waals surface area contributed by atoms with E-state index in [9.17, 15) is 4.79 Å². The van der Waals surface area contributed by atoms with Gasteiger partial charge in [-0.15, -0.1) is 24.0 Å². The van der Waals surface area contributed by atoms with Crippen molar-refractivity contribution < 1.29 is 9.53 Å². The van der Waals surface area contributed by atoms with Crippen LogP contribution in [0.25, 0.3) is 0 Å². The summed E-state index contributed by atoms with van der Waals surface area (Å²) in [6.45, 7) is 8.27. The fourth-order valence-electron chi connectivity index (χ4n) is 2.86. The van der Waals surface area contributed by atoms with E-state index < -0.39 is 0 Å². The van der Waals surface area contributed by atoms with E-state index in [1.807, 2.05) is 38.1 Å². The molecule has 1 aromatic rings. The first-order chi connectivity index (χ1) is 12.5. The number of carbonyl (C=O) groups excluding carboxylic acids is 1. The maximum atomic E-state index is 12.0. The Bertz CT molecular complexity index is 630. The van der Waals surface area contributed by atoms with Crippen LogP contribution in [0.1, 0.15) is 45.6 Å². The molecule has 1 fully saturated rings. The number of aliphatic imine (C=N–C) groups is 1. The Morgan fingerprint density at radius 3 is 2.78 bits per heavy atom. The Morgan fingerprint density at radius 1 is 1.37 bits per heavy atom. The van der Waals surface area contributed by atoms with Crippen LogP contribution in [-0.4, -0.2) is 37.7 Å². The van der Waals surface area contributed by atoms with Gasteiger partial charge in [0.2, 0.25) is 5.91 Å². The number of guanidine groups is 1. The highest BCUT2D eigenvalue weighted by atomic mass is 127. The number of rotatable bonds is 7. The normalized spacial score (nSPS) is 20.5. The van der Waals surface area contributed by atoms with E-state index in [4.69, 9.17) is 4.74 Å². The van der Waals surface area contributed by atoms with Crippen LogP contribution in [0.4, 0.5) is 5.69 Å². The van der Waals surface area contributed by atoms with Gasteiger partial charge >= 0.3 is 0 Å². The molecular weight excluding hydrogens is 455 g/mol. The second-order valence-electron chi connectivity index (χ2n) is 7.18. The summed E-state index contributed by atoms with van der Waals surface area (Å²) in [5.41, 5.74) is 1.79. The molecule has 27 heavy (non-hydrogen) atoms. The number of amides is 1. The minimum Gasteiger partial charge on any atom is -0.373 e. The Labute approximate surface area is 179 Å². The maximum absolute atomic E-state index is 12.0. The topological polar surface area (TPSA) is 74.8 Å². The Hall–Kier alpha value is -1.35. The third-order valence-corrected chi connectivity index (χ3v) is 4.87. The number of carbonyl (C=O) groups is 1. The van der Waals surface area contributed by atoms with Crippen LogP contribution in [0, 0.1) is 5.92 Å². The highest BCUT2D eigenvalue weighted by molar-refractivity contribution is 14.0. The van der Waals surface area contributed by atoms with Crippen molar-refractivity contribution in [2.75, 3.05) is 25.5 Å². The lowest BCUT2D eigenvalue weighted by Crippen LogP contribution is -2.45. The molecule has 2 unspecified atom stereocenters. The molecule has 1 aliphatic rings. The minimum absolute atomic E-state index is 0. The van der Waals surface area contributed by atoms with Gasteiger partial charge in [-0.2, -0.15) is 0 Å². The zero-order chi connectivity index (χ0) is 19.0. The summed E-state index contributed by atoms with van der Waals surface area (Å²) in [4.78, 5) is 16.3. The number of hydrogen-bond acceptors (Lipinski definition) is 3. The summed E-state index contributed by atoms with van der Waals surface area (Å²) in [6, 6.07) is 7.88. The molecule has 7 heteroatoms. The molecule has 0 aliphatic carbocycles. The van der Waals surface area contributed by atoms with Gasteiger partial charge in [0, 0.05) is 38.3 Å². The first kappa shape index (κ1) is 23.7. The van der Waals surface area contributed by atoms with Crippen molar-refractivity contribution in [1.82, 2.24) is 10.6 Å². The SMILES string of the molecule is CCC(C)C(=O)Nc1cccc(CNC(=NC)NCC2(C)CCCO2)c1.I. The van der Waals surface area contributed by atoms with Crippen molar-refractivity contribution in [3.8, 4) is 0 Å². The van der Waals surface area contributed by atoms with Crippen molar-refractivity contribution in [1.29, 1.82) is 0 Å². The Balaban J connectivity index is 0.00000364. The number of ether oxygens (including phenoxy) is 1. The molecule has 3 N–H and O–H groups in total. The quantitative estimate of drug-likeness (QED) is 0.312. The zero-order valence-electron chi connectivity index (χ0n) is 16.8. The third kappa shape index (κ3) is 7.65. The standard InChI is InChI=1S/C20H32N4O2.HI/c1-5-15(2)18(25)24-17-9-6-8-16(12-17)13-22-19(21-4)23-14-20(3)10-7-11-26-20;/h6,8-9,12,15H,5,7,10-11,13-14H2,1-4H3,(H,24,25)(H2,21,22,23);1H. The van der Waals surface area contributed by atoms with Gasteiger partial charge in [-0.3, -0.25) is 9.79 Å². The summed E-state index contributed by atoms with van der Waals surface area (Å²) in [5, 5.41) is 9.62. The van der Waals surface area contributed by atoms with Crippen molar-refractivity contribution in [3.05, 3.63) is 29.8 Å². The van der Waals surface area contributed by atoms with E-state index in [2.05, 4.69) is 27.9 Å². The second kappa shape index (κ2) is 11.5. The summed E-state index contributed by atoms with van der Waals surface area (Å²) >= 11 is 0. The van der Waals surface area contributed by atoms with Crippen LogP contribution in [0.15, 0.2) is 29.3 Å². The fraction of sp³-hybridized carbons (Fsp3) is 0.600. The maximum Gasteiger partial charge on any atom is 0.227 e. The molecule has 0 radical (unpaired) electrons. The van der Waals surface area contributed by atoms with Crippen molar-refractivity contribution in [3.63, 3.8) is 0 Å². The smallest absolute Gasteiger partial charge is 0.227 e. The second-order valence-corrected chi connectivity index (χ2v) is 7.18. The highest BCUT2D eigenvalue weighted by Crippen LogP contribution is 2.23. The molecule has 0 spiro atoms. The third-order valence-electron chi connectivity index (χ3n) is 4.87. The molecule has 0 bridgehead atoms. The first-order valence-corrected chi connectivity index (χ1v) is 9.44. The summed E-state index contributed by atoms with van der Waals surface area (Å²) < 4.78 is 5.79. The molecule has 1 saturated heterocycles. The zero-order valence-corrected chi connectivity index (χ0v) is 19.1. The number of benzene rings is 1. The van der Waals surface area contributed by atoms with Crippen LogP contribution < -0.4 is 16.0 Å². The van der Waals surface area contributed by atoms with E-state index >= 15 is 0 Å². The van der Waals surface area contributed by atoms with E-state index in [1.54, 1.807) is 7.05 Å². The average Bonchev–Trinajstić information content (AvgIpc) is 3.08. The molecule has 0 saturated carbocycles. The van der Waals surface area contributed by atoms with E-state index in [0.29, 0.717) is 6.54 Å². The summed E-state index contributed by atoms with van der Waals surface area (Å²) in [5.74, 6) is 0.814. The van der Waals surface area contributed by atoms with Crippen molar-refractivity contribution in [2.45, 2.75) is 52.2 Å². The molecule has 2 rings (SSSR count). The highest BCUT2D eigenvalue weighted by Gasteiger charge is 2.29. The van der Waals surface area contributed by atoms with Gasteiger partial charge in [-0.05, 0) is 43.9 Å². The summed E-state index contributed by atoms with van der Waals surface area (Å²) in [6.07, 6.45) is 3.01. The van der Waals surface area contributed by atoms with E-state index in [1.165, 1.54) is 0 Å². The Kier molecular flexibility index (Phi) is 10.1. The number of nitrogens with one attached hydrogen (secondary N) is 3. The molecule has 1 aliphatic heterocycles. The van der Waals surface area contributed by atoms with Crippen LogP contribution in [0.5, 0.6) is 0 Å². The number of nitrogens with zero attached hydrogens (tertiary/aromatic N) is 1. The fourth-order valence-corrected chi connectivity index (χ4v) is 2.86. The van der Waals surface area contributed by atoms with Crippen LogP contribution in [0.2, 0.25) is 0 Å². The van der Waals surface area contributed by atoms with Gasteiger partial charge in [0.25, 0.3) is 0 Å². The van der Waals surface area contributed by atoms with E-state index in [-0.39, 0.29) is 41.4 Å². The molecule has 0 aromatic heterocycles. The predicted octanol–water partition coefficient (Wildman–Crippen LogP) is 3.52. The lowest BCUT2D eigenvalue weighted by atomic mass is 10.0. The molecule has 1 amide bonds. The van der Waals surface area contributed by atoms with Crippen LogP contribution in [-0.2, 0) is 16.1 Å². The predicted molar refractivity (Wildman–Crippen MR) is 122 cm³/mol. The van der Waals surface area contributed by atoms with Gasteiger partial charge < -0.3 is 20.7 Å². The van der Waals surface area contributed by atoms with Crippen molar-refractivity contribution in [2.24, 2.45) is 10.9 Å². The number of hydrogen-bond donors (Lipinski definition) is 3. The van der Waals surface area contributed by atoms with Gasteiger partial charge in [0.1, 0.15) is 0 Å². The Morgan fingerprint density at radius 2 is 2.15 bits per heavy atom. The monoisotopic (exact) mass is 488 g/mol. The molecule has 6 nitrogen and oxygen atoms in total. The number of halogens is 1. The largest absolute Gasteiger partial charge is 0.373 e. The molecule has 1 aromatic carbocycles. The lowest BCUT2D eigenvalue weighted by Gasteiger charge is -2.24. The van der Waals surface area contributed by atoms with Gasteiger partial charge in [0.15, 0.2) is 5.96 Å². The average molecular weight is 488 g/mol.